The van der Waals surface area contributed by atoms with Crippen LogP contribution in [0.25, 0.3) is 0 Å². The van der Waals surface area contributed by atoms with Gasteiger partial charge in [-0.15, -0.1) is 0 Å². The zero-order chi connectivity index (χ0) is 17.6. The van der Waals surface area contributed by atoms with Crippen molar-refractivity contribution in [1.82, 2.24) is 15.2 Å². The third kappa shape index (κ3) is 4.24. The topological polar surface area (TPSA) is 54.5 Å². The zero-order valence-corrected chi connectivity index (χ0v) is 14.9. The highest BCUT2D eigenvalue weighted by molar-refractivity contribution is 5.95. The number of hydrogen-bond donors (Lipinski definition) is 1. The van der Waals surface area contributed by atoms with E-state index in [0.717, 1.165) is 48.6 Å². The maximum Gasteiger partial charge on any atom is 0.251 e. The quantitative estimate of drug-likeness (QED) is 0.909. The normalized spacial score (nSPS) is 16.4. The first-order valence-electron chi connectivity index (χ1n) is 8.73. The molecule has 1 aromatic carbocycles. The fraction of sp³-hybridized carbons (Fsp3) is 0.400. The number of carbonyl (C=O) groups excluding carboxylic acids is 1. The minimum absolute atomic E-state index is 0.0247. The fourth-order valence-corrected chi connectivity index (χ4v) is 3.20. The highest BCUT2D eigenvalue weighted by Crippen LogP contribution is 2.21. The Hall–Kier alpha value is -2.24. The van der Waals surface area contributed by atoms with Crippen LogP contribution in [0.5, 0.6) is 0 Å². The van der Waals surface area contributed by atoms with Gasteiger partial charge in [0.15, 0.2) is 0 Å². The van der Waals surface area contributed by atoms with Crippen LogP contribution >= 0.6 is 0 Å². The molecule has 5 nitrogen and oxygen atoms in total. The molecule has 1 aliphatic heterocycles. The first kappa shape index (κ1) is 17.6. The molecule has 1 N–H and O–H groups in total. The first-order valence-corrected chi connectivity index (χ1v) is 8.73. The maximum atomic E-state index is 12.7. The summed E-state index contributed by atoms with van der Waals surface area (Å²) in [6.45, 7) is 7.74. The van der Waals surface area contributed by atoms with Gasteiger partial charge in [0.05, 0.1) is 19.3 Å². The van der Waals surface area contributed by atoms with Crippen LogP contribution in [0.1, 0.15) is 33.1 Å². The molecule has 0 saturated carbocycles. The van der Waals surface area contributed by atoms with Crippen LogP contribution in [-0.4, -0.2) is 48.6 Å². The molecule has 5 heteroatoms. The van der Waals surface area contributed by atoms with Gasteiger partial charge < -0.3 is 10.1 Å². The van der Waals surface area contributed by atoms with E-state index >= 15 is 0 Å². The van der Waals surface area contributed by atoms with Crippen LogP contribution in [0.15, 0.2) is 42.7 Å². The number of nitrogens with one attached hydrogen (secondary N) is 1. The smallest absolute Gasteiger partial charge is 0.251 e. The van der Waals surface area contributed by atoms with E-state index in [1.165, 1.54) is 0 Å². The van der Waals surface area contributed by atoms with Crippen molar-refractivity contribution in [2.24, 2.45) is 0 Å². The van der Waals surface area contributed by atoms with E-state index in [9.17, 15) is 4.79 Å². The summed E-state index contributed by atoms with van der Waals surface area (Å²) in [6.07, 6.45) is 3.65. The number of nitrogens with zero attached hydrogens (tertiary/aromatic N) is 2. The van der Waals surface area contributed by atoms with Gasteiger partial charge in [-0.2, -0.15) is 0 Å². The molecular weight excluding hydrogens is 314 g/mol. The summed E-state index contributed by atoms with van der Waals surface area (Å²) in [7, 11) is 0. The average molecular weight is 339 g/mol. The first-order chi connectivity index (χ1) is 12.2. The van der Waals surface area contributed by atoms with E-state index in [2.05, 4.69) is 21.3 Å². The van der Waals surface area contributed by atoms with Crippen LogP contribution in [0.3, 0.4) is 0 Å². The van der Waals surface area contributed by atoms with Crippen LogP contribution in [-0.2, 0) is 4.74 Å². The Morgan fingerprint density at radius 2 is 2.04 bits per heavy atom. The Morgan fingerprint density at radius 3 is 2.76 bits per heavy atom. The van der Waals surface area contributed by atoms with E-state index in [-0.39, 0.29) is 11.9 Å². The molecule has 1 atom stereocenters. The molecule has 132 valence electrons. The lowest BCUT2D eigenvalue weighted by atomic mass is 10.0. The molecule has 0 radical (unpaired) electrons. The van der Waals surface area contributed by atoms with Crippen molar-refractivity contribution in [2.45, 2.75) is 19.9 Å². The lowest BCUT2D eigenvalue weighted by Gasteiger charge is -2.34. The van der Waals surface area contributed by atoms with Crippen molar-refractivity contribution in [3.05, 3.63) is 65.0 Å². The summed E-state index contributed by atoms with van der Waals surface area (Å²) >= 11 is 0. The summed E-state index contributed by atoms with van der Waals surface area (Å²) in [6, 6.07) is 9.94. The number of hydrogen-bond acceptors (Lipinski definition) is 4. The molecule has 1 aliphatic rings. The number of ether oxygens (including phenoxy) is 1. The van der Waals surface area contributed by atoms with Crippen molar-refractivity contribution in [3.8, 4) is 0 Å². The maximum absolute atomic E-state index is 12.7. The lowest BCUT2D eigenvalue weighted by molar-refractivity contribution is 0.0161. The molecule has 0 unspecified atom stereocenters. The molecule has 1 amide bonds. The molecule has 1 fully saturated rings. The van der Waals surface area contributed by atoms with E-state index < -0.39 is 0 Å². The van der Waals surface area contributed by atoms with Crippen LogP contribution in [0.2, 0.25) is 0 Å². The second-order valence-electron chi connectivity index (χ2n) is 6.41. The van der Waals surface area contributed by atoms with Crippen LogP contribution < -0.4 is 5.32 Å². The number of amides is 1. The van der Waals surface area contributed by atoms with Crippen LogP contribution in [0.4, 0.5) is 0 Å². The number of morpholine rings is 1. The number of pyridine rings is 1. The Bertz CT molecular complexity index is 712. The van der Waals surface area contributed by atoms with Crippen molar-refractivity contribution < 1.29 is 9.53 Å². The molecule has 2 heterocycles. The summed E-state index contributed by atoms with van der Waals surface area (Å²) in [4.78, 5) is 19.3. The standard InChI is InChI=1S/C20H25N3O2/c1-15-5-3-7-18(16(15)2)20(24)22-14-19(17-6-4-8-21-13-17)23-9-11-25-12-10-23/h3-8,13,19H,9-12,14H2,1-2H3,(H,22,24)/t19-/m1/s1. The summed E-state index contributed by atoms with van der Waals surface area (Å²) < 4.78 is 5.46. The summed E-state index contributed by atoms with van der Waals surface area (Å²) in [5.41, 5.74) is 4.02. The van der Waals surface area contributed by atoms with Gasteiger partial charge in [0, 0.05) is 37.6 Å². The largest absolute Gasteiger partial charge is 0.379 e. The molecule has 0 spiro atoms. The number of carbonyl (C=O) groups is 1. The number of aryl methyl sites for hydroxylation is 1. The van der Waals surface area contributed by atoms with E-state index in [4.69, 9.17) is 4.74 Å². The Kier molecular flexibility index (Phi) is 5.79. The predicted molar refractivity (Wildman–Crippen MR) is 97.6 cm³/mol. The zero-order valence-electron chi connectivity index (χ0n) is 14.9. The average Bonchev–Trinajstić information content (AvgIpc) is 2.66. The van der Waals surface area contributed by atoms with E-state index in [1.807, 2.05) is 44.3 Å². The van der Waals surface area contributed by atoms with E-state index in [0.29, 0.717) is 6.54 Å². The molecule has 1 aromatic heterocycles. The monoisotopic (exact) mass is 339 g/mol. The Morgan fingerprint density at radius 1 is 1.24 bits per heavy atom. The highest BCUT2D eigenvalue weighted by Gasteiger charge is 2.23. The third-order valence-electron chi connectivity index (χ3n) is 4.86. The van der Waals surface area contributed by atoms with Gasteiger partial charge in [0.2, 0.25) is 0 Å². The number of benzene rings is 1. The van der Waals surface area contributed by atoms with Gasteiger partial charge in [0.25, 0.3) is 5.91 Å². The van der Waals surface area contributed by atoms with Gasteiger partial charge in [0.1, 0.15) is 0 Å². The molecule has 1 saturated heterocycles. The minimum atomic E-state index is -0.0247. The molecule has 2 aromatic rings. The van der Waals surface area contributed by atoms with E-state index in [1.54, 1.807) is 6.20 Å². The molecule has 0 aliphatic carbocycles. The van der Waals surface area contributed by atoms with Gasteiger partial charge in [-0.3, -0.25) is 14.7 Å². The molecule has 0 bridgehead atoms. The third-order valence-corrected chi connectivity index (χ3v) is 4.86. The SMILES string of the molecule is Cc1cccc(C(=O)NC[C@H](c2cccnc2)N2CCOCC2)c1C. The Balaban J connectivity index is 1.74. The second-order valence-corrected chi connectivity index (χ2v) is 6.41. The minimum Gasteiger partial charge on any atom is -0.379 e. The van der Waals surface area contributed by atoms with Crippen molar-refractivity contribution >= 4 is 5.91 Å². The summed E-state index contributed by atoms with van der Waals surface area (Å²) in [5.74, 6) is -0.0247. The van der Waals surface area contributed by atoms with Gasteiger partial charge in [-0.05, 0) is 42.7 Å². The highest BCUT2D eigenvalue weighted by atomic mass is 16.5. The van der Waals surface area contributed by atoms with Crippen molar-refractivity contribution in [1.29, 1.82) is 0 Å². The summed E-state index contributed by atoms with van der Waals surface area (Å²) in [5, 5.41) is 3.11. The van der Waals surface area contributed by atoms with Gasteiger partial charge >= 0.3 is 0 Å². The van der Waals surface area contributed by atoms with Gasteiger partial charge in [-0.1, -0.05) is 18.2 Å². The molecular formula is C20H25N3O2. The molecule has 25 heavy (non-hydrogen) atoms. The Labute approximate surface area is 149 Å². The number of rotatable bonds is 5. The second kappa shape index (κ2) is 8.23. The van der Waals surface area contributed by atoms with Crippen molar-refractivity contribution in [3.63, 3.8) is 0 Å². The molecule has 3 rings (SSSR count). The lowest BCUT2D eigenvalue weighted by Crippen LogP contribution is -2.44. The van der Waals surface area contributed by atoms with Gasteiger partial charge in [-0.25, -0.2) is 0 Å². The number of aromatic nitrogens is 1. The predicted octanol–water partition coefficient (Wildman–Crippen LogP) is 2.50. The van der Waals surface area contributed by atoms with Crippen molar-refractivity contribution in [2.75, 3.05) is 32.8 Å². The van der Waals surface area contributed by atoms with Crippen LogP contribution in [0, 0.1) is 13.8 Å². The fourth-order valence-electron chi connectivity index (χ4n) is 3.20.